The van der Waals surface area contributed by atoms with E-state index in [9.17, 15) is 19.5 Å². The largest absolute Gasteiger partial charge is 0.508 e. The van der Waals surface area contributed by atoms with Crippen LogP contribution in [0.4, 0.5) is 10.5 Å². The second kappa shape index (κ2) is 14.7. The third-order valence-electron chi connectivity index (χ3n) is 7.95. The van der Waals surface area contributed by atoms with E-state index in [4.69, 9.17) is 19.9 Å². The van der Waals surface area contributed by atoms with Gasteiger partial charge in [0, 0.05) is 24.8 Å². The zero-order chi connectivity index (χ0) is 32.6. The normalized spacial score (nSPS) is 18.0. The monoisotopic (exact) mass is 618 g/mol. The molecule has 11 heteroatoms. The van der Waals surface area contributed by atoms with E-state index in [0.29, 0.717) is 46.7 Å². The Balaban J connectivity index is 1.70. The van der Waals surface area contributed by atoms with Crippen molar-refractivity contribution in [3.8, 4) is 17.2 Å². The number of quaternary nitrogens is 1. The Hall–Kier alpha value is -4.90. The quantitative estimate of drug-likeness (QED) is 0.167. The standard InChI is InChI=1S/C34H40N4O7/c1-5-45-33(41)25-11-13-26(14-12-25)36-34(42)37(29(32(35)40)19-23-8-15-28(39)16-9-23)27-7-6-18-38(2,22-27)21-24-10-17-30(43-3)31(20-24)44-4/h8-17,20,29H,5-7,18-19,21-22H2,1-4H3,(H2-2,35,36,39,40,41,42)/p+2/b37-27+/t29-,38?/m0/s1. The molecule has 3 aromatic carbocycles. The minimum Gasteiger partial charge on any atom is -0.508 e. The number of anilines is 1. The number of ether oxygens (including phenoxy) is 3. The number of carbonyl (C=O) groups is 3. The van der Waals surface area contributed by atoms with Gasteiger partial charge in [-0.3, -0.25) is 4.79 Å². The average Bonchev–Trinajstić information content (AvgIpc) is 3.02. The number of phenols is 1. The zero-order valence-corrected chi connectivity index (χ0v) is 26.2. The summed E-state index contributed by atoms with van der Waals surface area (Å²) in [7, 11) is 5.32. The molecule has 11 nitrogen and oxygen atoms in total. The topological polar surface area (TPSA) is 140 Å². The number of primary amides is 1. The Morgan fingerprint density at radius 1 is 0.978 bits per heavy atom. The van der Waals surface area contributed by atoms with Crippen molar-refractivity contribution in [1.29, 1.82) is 0 Å². The molecule has 45 heavy (non-hydrogen) atoms. The van der Waals surface area contributed by atoms with Crippen LogP contribution >= 0.6 is 0 Å². The maximum Gasteiger partial charge on any atom is 0.496 e. The summed E-state index contributed by atoms with van der Waals surface area (Å²) in [4.78, 5) is 39.2. The van der Waals surface area contributed by atoms with Gasteiger partial charge in [0.15, 0.2) is 17.5 Å². The van der Waals surface area contributed by atoms with Crippen molar-refractivity contribution >= 4 is 29.3 Å². The molecule has 4 N–H and O–H groups in total. The van der Waals surface area contributed by atoms with E-state index < -0.39 is 23.9 Å². The molecule has 1 fully saturated rings. The van der Waals surface area contributed by atoms with Gasteiger partial charge in [-0.2, -0.15) is 9.37 Å². The van der Waals surface area contributed by atoms with Crippen molar-refractivity contribution in [2.24, 2.45) is 5.73 Å². The number of rotatable bonds is 11. The highest BCUT2D eigenvalue weighted by Crippen LogP contribution is 2.30. The number of methoxy groups -OCH3 is 2. The predicted molar refractivity (Wildman–Crippen MR) is 170 cm³/mol. The fraction of sp³-hybridized carbons (Fsp3) is 0.353. The Bertz CT molecular complexity index is 1550. The van der Waals surface area contributed by atoms with Gasteiger partial charge in [-0.1, -0.05) is 12.1 Å². The summed E-state index contributed by atoms with van der Waals surface area (Å²) < 4.78 is 18.1. The number of nitrogens with two attached hydrogens (primary N) is 1. The molecule has 0 aromatic heterocycles. The first-order valence-electron chi connectivity index (χ1n) is 14.9. The van der Waals surface area contributed by atoms with Gasteiger partial charge in [0.1, 0.15) is 30.2 Å². The van der Waals surface area contributed by atoms with Crippen molar-refractivity contribution < 1.29 is 42.8 Å². The molecule has 3 amide bonds. The van der Waals surface area contributed by atoms with Crippen molar-refractivity contribution in [3.63, 3.8) is 0 Å². The second-order valence-electron chi connectivity index (χ2n) is 11.4. The van der Waals surface area contributed by atoms with Crippen LogP contribution in [0.5, 0.6) is 17.2 Å². The highest BCUT2D eigenvalue weighted by molar-refractivity contribution is 5.95. The first kappa shape index (κ1) is 33.0. The minimum absolute atomic E-state index is 0.0973. The lowest BCUT2D eigenvalue weighted by atomic mass is 10.0. The number of likely N-dealkylation sites (tertiary alicyclic amines) is 1. The van der Waals surface area contributed by atoms with Crippen LogP contribution in [-0.2, 0) is 22.5 Å². The van der Waals surface area contributed by atoms with Crippen LogP contribution in [0.2, 0.25) is 0 Å². The number of benzene rings is 3. The summed E-state index contributed by atoms with van der Waals surface area (Å²) >= 11 is 0. The number of phenolic OH excluding ortho intramolecular Hbond substituents is 1. The molecule has 0 spiro atoms. The molecule has 1 saturated heterocycles. The SMILES string of the molecule is CCOC(=O)c1ccc(NC(=O)/[N+](=C2\CCC[N+](C)(Cc3ccc(OC)c(OC)c3)C2)[C@@H](Cc2ccc(O)cc2)C(N)=O)cc1. The van der Waals surface area contributed by atoms with E-state index in [-0.39, 0.29) is 18.8 Å². The molecule has 0 aliphatic carbocycles. The van der Waals surface area contributed by atoms with Gasteiger partial charge in [-0.15, -0.1) is 0 Å². The molecule has 1 unspecified atom stereocenters. The number of aromatic hydroxyl groups is 1. The highest BCUT2D eigenvalue weighted by atomic mass is 16.5. The predicted octanol–water partition coefficient (Wildman–Crippen LogP) is 4.11. The Labute approximate surface area is 263 Å². The zero-order valence-electron chi connectivity index (χ0n) is 26.2. The number of piperidine rings is 1. The number of hydrogen-bond acceptors (Lipinski definition) is 7. The molecule has 0 bridgehead atoms. The van der Waals surface area contributed by atoms with E-state index in [2.05, 4.69) is 12.4 Å². The molecule has 0 saturated carbocycles. The Morgan fingerprint density at radius 2 is 1.64 bits per heavy atom. The van der Waals surface area contributed by atoms with Crippen LogP contribution in [0.3, 0.4) is 0 Å². The van der Waals surface area contributed by atoms with Crippen molar-refractivity contribution in [1.82, 2.24) is 0 Å². The summed E-state index contributed by atoms with van der Waals surface area (Å²) in [5.74, 6) is 0.277. The van der Waals surface area contributed by atoms with E-state index >= 15 is 0 Å². The van der Waals surface area contributed by atoms with Gasteiger partial charge in [-0.25, -0.2) is 10.1 Å². The van der Waals surface area contributed by atoms with E-state index in [1.807, 2.05) is 18.2 Å². The van der Waals surface area contributed by atoms with Gasteiger partial charge >= 0.3 is 12.0 Å². The fourth-order valence-electron chi connectivity index (χ4n) is 5.78. The maximum atomic E-state index is 14.1. The molecule has 238 valence electrons. The molecule has 3 aromatic rings. The van der Waals surface area contributed by atoms with Crippen LogP contribution in [-0.4, -0.2) is 84.8 Å². The second-order valence-corrected chi connectivity index (χ2v) is 11.4. The smallest absolute Gasteiger partial charge is 0.496 e. The fourth-order valence-corrected chi connectivity index (χ4v) is 5.78. The van der Waals surface area contributed by atoms with Gasteiger partial charge in [0.05, 0.1) is 40.0 Å². The van der Waals surface area contributed by atoms with Crippen molar-refractivity contribution in [3.05, 3.63) is 83.4 Å². The maximum absolute atomic E-state index is 14.1. The molecule has 1 aliphatic rings. The van der Waals surface area contributed by atoms with E-state index in [1.165, 1.54) is 16.7 Å². The lowest BCUT2D eigenvalue weighted by Gasteiger charge is -2.38. The highest BCUT2D eigenvalue weighted by Gasteiger charge is 2.39. The number of carbonyl (C=O) groups excluding carboxylic acids is 3. The van der Waals surface area contributed by atoms with Crippen molar-refractivity contribution in [2.75, 3.05) is 46.3 Å². The van der Waals surface area contributed by atoms with Gasteiger partial charge < -0.3 is 29.5 Å². The number of amides is 3. The number of hydrogen-bond donors (Lipinski definition) is 3. The third kappa shape index (κ3) is 8.39. The molecular weight excluding hydrogens is 576 g/mol. The van der Waals surface area contributed by atoms with Gasteiger partial charge in [0.25, 0.3) is 5.91 Å². The van der Waals surface area contributed by atoms with Crippen LogP contribution in [0, 0.1) is 0 Å². The summed E-state index contributed by atoms with van der Waals surface area (Å²) in [6, 6.07) is 17.2. The Kier molecular flexibility index (Phi) is 10.8. The summed E-state index contributed by atoms with van der Waals surface area (Å²) in [6.07, 6.45) is 1.56. The van der Waals surface area contributed by atoms with Crippen LogP contribution in [0.15, 0.2) is 66.7 Å². The molecule has 4 rings (SSSR count). The van der Waals surface area contributed by atoms with E-state index in [0.717, 1.165) is 29.8 Å². The summed E-state index contributed by atoms with van der Waals surface area (Å²) in [6.45, 7) is 4.01. The first-order chi connectivity index (χ1) is 21.6. The number of nitrogens with one attached hydrogen (secondary N) is 1. The number of urea groups is 1. The number of esters is 1. The van der Waals surface area contributed by atoms with Gasteiger partial charge in [0.2, 0.25) is 0 Å². The van der Waals surface area contributed by atoms with E-state index in [1.54, 1.807) is 57.5 Å². The minimum atomic E-state index is -0.990. The lowest BCUT2D eigenvalue weighted by Crippen LogP contribution is -2.56. The van der Waals surface area contributed by atoms with Gasteiger partial charge in [-0.05, 0) is 67.1 Å². The summed E-state index contributed by atoms with van der Waals surface area (Å²) in [5.41, 5.74) is 9.36. The van der Waals surface area contributed by atoms with Crippen LogP contribution < -0.4 is 20.5 Å². The number of nitrogens with zero attached hydrogens (tertiary/aromatic N) is 2. The lowest BCUT2D eigenvalue weighted by molar-refractivity contribution is -0.918. The molecular formula is C34H42N4O7+2. The third-order valence-corrected chi connectivity index (χ3v) is 7.95. The Morgan fingerprint density at radius 3 is 2.27 bits per heavy atom. The first-order valence-corrected chi connectivity index (χ1v) is 14.9. The molecule has 1 heterocycles. The van der Waals surface area contributed by atoms with Crippen LogP contribution in [0.25, 0.3) is 0 Å². The molecule has 0 radical (unpaired) electrons. The molecule has 2 atom stereocenters. The van der Waals surface area contributed by atoms with Crippen molar-refractivity contribution in [2.45, 2.75) is 38.8 Å². The summed E-state index contributed by atoms with van der Waals surface area (Å²) in [5, 5.41) is 12.7. The van der Waals surface area contributed by atoms with Crippen LogP contribution in [0.1, 0.15) is 41.3 Å². The molecule has 1 aliphatic heterocycles. The average molecular weight is 619 g/mol.